The highest BCUT2D eigenvalue weighted by Gasteiger charge is 2.04. The Labute approximate surface area is 116 Å². The van der Waals surface area contributed by atoms with E-state index in [1.807, 2.05) is 12.1 Å². The minimum Gasteiger partial charge on any atom is -0.376 e. The Hall–Kier alpha value is -2.25. The zero-order chi connectivity index (χ0) is 13.7. The third-order valence-electron chi connectivity index (χ3n) is 2.53. The van der Waals surface area contributed by atoms with Crippen LogP contribution in [0, 0.1) is 12.3 Å². The molecule has 1 heterocycles. The van der Waals surface area contributed by atoms with E-state index in [-0.39, 0.29) is 19.0 Å². The minimum atomic E-state index is -0.156. The van der Waals surface area contributed by atoms with E-state index in [4.69, 9.17) is 18.0 Å². The van der Waals surface area contributed by atoms with E-state index in [1.165, 1.54) is 0 Å². The highest BCUT2D eigenvalue weighted by atomic mass is 35.5. The number of anilines is 1. The summed E-state index contributed by atoms with van der Waals surface area (Å²) in [6.07, 6.45) is 6.73. The zero-order valence-corrected chi connectivity index (χ0v) is 10.9. The molecular weight excluding hydrogens is 262 g/mol. The zero-order valence-electron chi connectivity index (χ0n) is 10.1. The molecule has 0 atom stereocenters. The van der Waals surface area contributed by atoms with E-state index < -0.39 is 0 Å². The summed E-state index contributed by atoms with van der Waals surface area (Å²) in [5, 5.41) is 7.18. The van der Waals surface area contributed by atoms with Crippen LogP contribution >= 0.6 is 11.6 Å². The van der Waals surface area contributed by atoms with E-state index in [1.54, 1.807) is 18.3 Å². The average molecular weight is 274 g/mol. The first-order chi connectivity index (χ1) is 9.20. The molecule has 2 N–H and O–H groups in total. The van der Waals surface area contributed by atoms with Crippen molar-refractivity contribution in [3.63, 3.8) is 0 Å². The molecule has 0 fully saturated rings. The summed E-state index contributed by atoms with van der Waals surface area (Å²) >= 11 is 5.91. The second-order valence-electron chi connectivity index (χ2n) is 3.85. The van der Waals surface area contributed by atoms with Crippen LogP contribution in [-0.4, -0.2) is 24.0 Å². The van der Waals surface area contributed by atoms with Gasteiger partial charge in [0, 0.05) is 22.3 Å². The molecule has 19 heavy (non-hydrogen) atoms. The number of pyridine rings is 1. The lowest BCUT2D eigenvalue weighted by Gasteiger charge is -2.09. The van der Waals surface area contributed by atoms with Gasteiger partial charge in [0.15, 0.2) is 0 Å². The smallest absolute Gasteiger partial charge is 0.240 e. The number of carbonyl (C=O) groups excluding carboxylic acids is 1. The summed E-state index contributed by atoms with van der Waals surface area (Å²) in [5.41, 5.74) is 1.61. The number of nitrogens with zero attached hydrogens (tertiary/aromatic N) is 1. The lowest BCUT2D eigenvalue weighted by molar-refractivity contribution is -0.119. The Bertz CT molecular complexity index is 649. The summed E-state index contributed by atoms with van der Waals surface area (Å²) < 4.78 is 0. The molecule has 1 aromatic heterocycles. The summed E-state index contributed by atoms with van der Waals surface area (Å²) in [6.45, 7) is 0.386. The molecule has 0 spiro atoms. The van der Waals surface area contributed by atoms with Gasteiger partial charge in [-0.05, 0) is 24.3 Å². The summed E-state index contributed by atoms with van der Waals surface area (Å²) in [7, 11) is 0. The summed E-state index contributed by atoms with van der Waals surface area (Å²) in [6, 6.07) is 7.24. The molecule has 4 nitrogen and oxygen atoms in total. The van der Waals surface area contributed by atoms with Crippen LogP contribution in [0.1, 0.15) is 0 Å². The maximum atomic E-state index is 11.5. The molecule has 0 radical (unpaired) electrons. The van der Waals surface area contributed by atoms with Crippen molar-refractivity contribution >= 4 is 34.1 Å². The molecule has 0 unspecified atom stereocenters. The van der Waals surface area contributed by atoms with Crippen molar-refractivity contribution in [1.29, 1.82) is 0 Å². The van der Waals surface area contributed by atoms with Crippen LogP contribution < -0.4 is 10.6 Å². The van der Waals surface area contributed by atoms with E-state index >= 15 is 0 Å². The number of rotatable bonds is 4. The van der Waals surface area contributed by atoms with Gasteiger partial charge in [-0.2, -0.15) is 0 Å². The first kappa shape index (κ1) is 13.2. The molecule has 0 aliphatic rings. The number of fused-ring (bicyclic) bond motifs is 1. The molecule has 1 amide bonds. The van der Waals surface area contributed by atoms with Crippen molar-refractivity contribution in [3.8, 4) is 12.3 Å². The van der Waals surface area contributed by atoms with E-state index in [0.29, 0.717) is 5.02 Å². The first-order valence-electron chi connectivity index (χ1n) is 5.69. The Morgan fingerprint density at radius 1 is 1.42 bits per heavy atom. The van der Waals surface area contributed by atoms with Gasteiger partial charge in [0.1, 0.15) is 0 Å². The summed E-state index contributed by atoms with van der Waals surface area (Å²) in [5.74, 6) is 2.19. The molecule has 0 aliphatic heterocycles. The fourth-order valence-electron chi connectivity index (χ4n) is 1.66. The lowest BCUT2D eigenvalue weighted by atomic mass is 10.2. The number of benzene rings is 1. The second-order valence-corrected chi connectivity index (χ2v) is 4.29. The predicted molar refractivity (Wildman–Crippen MR) is 77.1 cm³/mol. The average Bonchev–Trinajstić information content (AvgIpc) is 2.42. The van der Waals surface area contributed by atoms with Gasteiger partial charge in [-0.1, -0.05) is 17.5 Å². The topological polar surface area (TPSA) is 54.0 Å². The number of nitrogens with one attached hydrogen (secondary N) is 2. The Kier molecular flexibility index (Phi) is 4.22. The largest absolute Gasteiger partial charge is 0.376 e. The van der Waals surface area contributed by atoms with Crippen LogP contribution in [0.3, 0.4) is 0 Å². The van der Waals surface area contributed by atoms with Crippen LogP contribution in [-0.2, 0) is 4.79 Å². The number of amides is 1. The van der Waals surface area contributed by atoms with Crippen molar-refractivity contribution in [1.82, 2.24) is 10.3 Å². The van der Waals surface area contributed by atoms with Gasteiger partial charge in [0.05, 0.1) is 18.6 Å². The van der Waals surface area contributed by atoms with Crippen LogP contribution in [0.25, 0.3) is 10.9 Å². The first-order valence-corrected chi connectivity index (χ1v) is 6.07. The van der Waals surface area contributed by atoms with Crippen molar-refractivity contribution in [2.45, 2.75) is 0 Å². The number of halogens is 1. The molecule has 5 heteroatoms. The fraction of sp³-hybridized carbons (Fsp3) is 0.143. The maximum absolute atomic E-state index is 11.5. The highest BCUT2D eigenvalue weighted by Crippen LogP contribution is 2.23. The monoisotopic (exact) mass is 273 g/mol. The molecule has 2 aromatic rings. The van der Waals surface area contributed by atoms with Crippen LogP contribution in [0.2, 0.25) is 5.02 Å². The van der Waals surface area contributed by atoms with Crippen molar-refractivity contribution in [3.05, 3.63) is 35.5 Å². The minimum absolute atomic E-state index is 0.156. The third kappa shape index (κ3) is 3.36. The normalized spacial score (nSPS) is 9.89. The molecular formula is C14H12ClN3O. The van der Waals surface area contributed by atoms with Gasteiger partial charge in [-0.15, -0.1) is 6.42 Å². The molecule has 0 saturated carbocycles. The van der Waals surface area contributed by atoms with Crippen molar-refractivity contribution in [2.75, 3.05) is 18.4 Å². The van der Waals surface area contributed by atoms with Crippen LogP contribution in [0.5, 0.6) is 0 Å². The Morgan fingerprint density at radius 3 is 3.05 bits per heavy atom. The standard InChI is InChI=1S/C14H12ClN3O/c1-2-6-17-14(19)9-18-12-5-7-16-13-8-10(15)3-4-11(12)13/h1,3-5,7-8H,6,9H2,(H,16,18)(H,17,19). The molecule has 0 bridgehead atoms. The van der Waals surface area contributed by atoms with Crippen molar-refractivity contribution in [2.24, 2.45) is 0 Å². The van der Waals surface area contributed by atoms with Crippen molar-refractivity contribution < 1.29 is 4.79 Å². The molecule has 0 saturated heterocycles. The van der Waals surface area contributed by atoms with Gasteiger partial charge < -0.3 is 10.6 Å². The van der Waals surface area contributed by atoms with Gasteiger partial charge in [0.2, 0.25) is 5.91 Å². The van der Waals surface area contributed by atoms with E-state index in [9.17, 15) is 4.79 Å². The second kappa shape index (κ2) is 6.07. The van der Waals surface area contributed by atoms with Gasteiger partial charge in [-0.25, -0.2) is 0 Å². The van der Waals surface area contributed by atoms with Gasteiger partial charge in [0.25, 0.3) is 0 Å². The van der Waals surface area contributed by atoms with Gasteiger partial charge in [-0.3, -0.25) is 9.78 Å². The third-order valence-corrected chi connectivity index (χ3v) is 2.77. The molecule has 0 aliphatic carbocycles. The van der Waals surface area contributed by atoms with E-state index in [2.05, 4.69) is 21.5 Å². The quantitative estimate of drug-likeness (QED) is 0.839. The summed E-state index contributed by atoms with van der Waals surface area (Å²) in [4.78, 5) is 15.7. The molecule has 1 aromatic carbocycles. The Balaban J connectivity index is 2.13. The Morgan fingerprint density at radius 2 is 2.26 bits per heavy atom. The number of terminal acetylenes is 1. The molecule has 96 valence electrons. The van der Waals surface area contributed by atoms with Gasteiger partial charge >= 0.3 is 0 Å². The number of hydrogen-bond donors (Lipinski definition) is 2. The van der Waals surface area contributed by atoms with Crippen LogP contribution in [0.15, 0.2) is 30.5 Å². The lowest BCUT2D eigenvalue weighted by Crippen LogP contribution is -2.30. The number of carbonyl (C=O) groups is 1. The van der Waals surface area contributed by atoms with E-state index in [0.717, 1.165) is 16.6 Å². The highest BCUT2D eigenvalue weighted by molar-refractivity contribution is 6.31. The number of aromatic nitrogens is 1. The van der Waals surface area contributed by atoms with Crippen LogP contribution in [0.4, 0.5) is 5.69 Å². The molecule has 2 rings (SSSR count). The number of hydrogen-bond acceptors (Lipinski definition) is 3. The maximum Gasteiger partial charge on any atom is 0.240 e. The predicted octanol–water partition coefficient (Wildman–Crippen LogP) is 2.05. The fourth-order valence-corrected chi connectivity index (χ4v) is 1.83. The SMILES string of the molecule is C#CCNC(=O)CNc1ccnc2cc(Cl)ccc12.